The van der Waals surface area contributed by atoms with E-state index < -0.39 is 23.5 Å². The quantitative estimate of drug-likeness (QED) is 0.719. The van der Waals surface area contributed by atoms with Crippen LogP contribution >= 0.6 is 34.5 Å². The first-order chi connectivity index (χ1) is 8.88. The highest BCUT2D eigenvalue weighted by atomic mass is 35.5. The molecule has 1 N–H and O–H groups in total. The molecule has 19 heavy (non-hydrogen) atoms. The van der Waals surface area contributed by atoms with E-state index >= 15 is 0 Å². The van der Waals surface area contributed by atoms with Gasteiger partial charge in [0, 0.05) is 17.7 Å². The number of hydrogen-bond donors (Lipinski definition) is 1. The average Bonchev–Trinajstić information content (AvgIpc) is 2.65. The Morgan fingerprint density at radius 2 is 1.68 bits per heavy atom. The second-order valence-electron chi connectivity index (χ2n) is 3.89. The van der Waals surface area contributed by atoms with Crippen LogP contribution in [0.2, 0.25) is 8.67 Å². The van der Waals surface area contributed by atoms with Gasteiger partial charge in [0.15, 0.2) is 11.6 Å². The molecule has 0 spiro atoms. The molecule has 0 aliphatic rings. The molecular formula is C12H8Cl2F3NS. The van der Waals surface area contributed by atoms with Crippen LogP contribution in [0.4, 0.5) is 18.9 Å². The fourth-order valence-electron chi connectivity index (χ4n) is 1.59. The SMILES string of the molecule is CC(Nc1cc(F)c(F)cc1F)c1cc(Cl)sc1Cl. The molecule has 1 atom stereocenters. The van der Waals surface area contributed by atoms with Crippen molar-refractivity contribution in [3.8, 4) is 0 Å². The van der Waals surface area contributed by atoms with Gasteiger partial charge in [-0.05, 0) is 13.0 Å². The summed E-state index contributed by atoms with van der Waals surface area (Å²) in [5.41, 5.74) is 0.533. The van der Waals surface area contributed by atoms with Crippen LogP contribution < -0.4 is 5.32 Å². The molecule has 0 radical (unpaired) electrons. The van der Waals surface area contributed by atoms with Gasteiger partial charge in [-0.2, -0.15) is 0 Å². The lowest BCUT2D eigenvalue weighted by Crippen LogP contribution is -2.08. The van der Waals surface area contributed by atoms with Crippen molar-refractivity contribution < 1.29 is 13.2 Å². The number of rotatable bonds is 3. The van der Waals surface area contributed by atoms with Crippen LogP contribution in [0.1, 0.15) is 18.5 Å². The van der Waals surface area contributed by atoms with Gasteiger partial charge in [-0.3, -0.25) is 0 Å². The van der Waals surface area contributed by atoms with Crippen molar-refractivity contribution in [1.29, 1.82) is 0 Å². The van der Waals surface area contributed by atoms with Crippen molar-refractivity contribution in [2.24, 2.45) is 0 Å². The third-order valence-electron chi connectivity index (χ3n) is 2.53. The van der Waals surface area contributed by atoms with E-state index in [2.05, 4.69) is 5.32 Å². The molecule has 0 bridgehead atoms. The lowest BCUT2D eigenvalue weighted by Gasteiger charge is -2.15. The van der Waals surface area contributed by atoms with E-state index in [4.69, 9.17) is 23.2 Å². The summed E-state index contributed by atoms with van der Waals surface area (Å²) >= 11 is 13.0. The van der Waals surface area contributed by atoms with Gasteiger partial charge < -0.3 is 5.32 Å². The van der Waals surface area contributed by atoms with Crippen LogP contribution in [0.15, 0.2) is 18.2 Å². The van der Waals surface area contributed by atoms with E-state index in [1.54, 1.807) is 13.0 Å². The third-order valence-corrected chi connectivity index (χ3v) is 4.05. The first-order valence-electron chi connectivity index (χ1n) is 5.24. The molecule has 0 aliphatic carbocycles. The highest BCUT2D eigenvalue weighted by Gasteiger charge is 2.16. The van der Waals surface area contributed by atoms with E-state index in [0.29, 0.717) is 20.3 Å². The minimum Gasteiger partial charge on any atom is -0.376 e. The molecule has 2 rings (SSSR count). The lowest BCUT2D eigenvalue weighted by atomic mass is 10.1. The Bertz CT molecular complexity index is 615. The highest BCUT2D eigenvalue weighted by Crippen LogP contribution is 2.36. The number of anilines is 1. The topological polar surface area (TPSA) is 12.0 Å². The minimum absolute atomic E-state index is 0.134. The molecule has 1 heterocycles. The number of nitrogens with one attached hydrogen (secondary N) is 1. The fraction of sp³-hybridized carbons (Fsp3) is 0.167. The minimum atomic E-state index is -1.23. The van der Waals surface area contributed by atoms with Crippen molar-refractivity contribution >= 4 is 40.2 Å². The Labute approximate surface area is 122 Å². The molecule has 2 aromatic rings. The van der Waals surface area contributed by atoms with Gasteiger partial charge in [0.2, 0.25) is 0 Å². The molecule has 0 saturated carbocycles. The van der Waals surface area contributed by atoms with Gasteiger partial charge in [-0.25, -0.2) is 13.2 Å². The average molecular weight is 326 g/mol. The Morgan fingerprint density at radius 1 is 1.05 bits per heavy atom. The lowest BCUT2D eigenvalue weighted by molar-refractivity contribution is 0.495. The Hall–Kier alpha value is -0.910. The largest absolute Gasteiger partial charge is 0.376 e. The molecule has 0 amide bonds. The van der Waals surface area contributed by atoms with Crippen molar-refractivity contribution in [2.45, 2.75) is 13.0 Å². The second kappa shape index (κ2) is 5.61. The zero-order valence-electron chi connectivity index (χ0n) is 9.61. The molecular weight excluding hydrogens is 318 g/mol. The van der Waals surface area contributed by atoms with Crippen molar-refractivity contribution in [3.63, 3.8) is 0 Å². The predicted octanol–water partition coefficient (Wildman–Crippen LogP) is 5.65. The molecule has 1 nitrogen and oxygen atoms in total. The van der Waals surface area contributed by atoms with Crippen LogP contribution in [0.25, 0.3) is 0 Å². The predicted molar refractivity (Wildman–Crippen MR) is 72.7 cm³/mol. The highest BCUT2D eigenvalue weighted by molar-refractivity contribution is 7.20. The van der Waals surface area contributed by atoms with E-state index in [-0.39, 0.29) is 5.69 Å². The smallest absolute Gasteiger partial charge is 0.161 e. The van der Waals surface area contributed by atoms with Gasteiger partial charge in [-0.1, -0.05) is 23.2 Å². The summed E-state index contributed by atoms with van der Waals surface area (Å²) in [5.74, 6) is -3.22. The molecule has 1 unspecified atom stereocenters. The first kappa shape index (κ1) is 14.5. The van der Waals surface area contributed by atoms with E-state index in [9.17, 15) is 13.2 Å². The third kappa shape index (κ3) is 3.16. The van der Waals surface area contributed by atoms with Gasteiger partial charge in [0.1, 0.15) is 5.82 Å². The molecule has 0 aliphatic heterocycles. The number of hydrogen-bond acceptors (Lipinski definition) is 2. The molecule has 102 valence electrons. The molecule has 0 saturated heterocycles. The van der Waals surface area contributed by atoms with Crippen molar-refractivity contribution in [2.75, 3.05) is 5.32 Å². The normalized spacial score (nSPS) is 12.5. The molecule has 0 fully saturated rings. The maximum absolute atomic E-state index is 13.5. The molecule has 7 heteroatoms. The summed E-state index contributed by atoms with van der Waals surface area (Å²) in [5, 5.41) is 2.73. The Kier molecular flexibility index (Phi) is 4.28. The van der Waals surface area contributed by atoms with Crippen molar-refractivity contribution in [3.05, 3.63) is 49.9 Å². The van der Waals surface area contributed by atoms with Crippen LogP contribution in [0.5, 0.6) is 0 Å². The van der Waals surface area contributed by atoms with Gasteiger partial charge >= 0.3 is 0 Å². The summed E-state index contributed by atoms with van der Waals surface area (Å²) in [6.45, 7) is 1.71. The summed E-state index contributed by atoms with van der Waals surface area (Å²) in [6, 6.07) is 2.51. The zero-order chi connectivity index (χ0) is 14.2. The number of halogens is 5. The maximum Gasteiger partial charge on any atom is 0.161 e. The molecule has 1 aromatic carbocycles. The standard InChI is InChI=1S/C12H8Cl2F3NS/c1-5(6-2-11(13)19-12(6)14)18-10-4-8(16)7(15)3-9(10)17/h2-5,18H,1H3. The maximum atomic E-state index is 13.5. The monoisotopic (exact) mass is 325 g/mol. The van der Waals surface area contributed by atoms with Crippen molar-refractivity contribution in [1.82, 2.24) is 0 Å². The van der Waals surface area contributed by atoms with Crippen LogP contribution in [-0.2, 0) is 0 Å². The van der Waals surface area contributed by atoms with E-state index in [1.165, 1.54) is 11.3 Å². The van der Waals surface area contributed by atoms with E-state index in [0.717, 1.165) is 6.07 Å². The summed E-state index contributed by atoms with van der Waals surface area (Å²) in [4.78, 5) is 0. The van der Waals surface area contributed by atoms with Gasteiger partial charge in [0.05, 0.1) is 20.4 Å². The fourth-order valence-corrected chi connectivity index (χ4v) is 3.24. The first-order valence-corrected chi connectivity index (χ1v) is 6.81. The van der Waals surface area contributed by atoms with Crippen LogP contribution in [0, 0.1) is 17.5 Å². The number of benzene rings is 1. The Balaban J connectivity index is 2.26. The van der Waals surface area contributed by atoms with Crippen LogP contribution in [-0.4, -0.2) is 0 Å². The molecule has 1 aromatic heterocycles. The number of thiophene rings is 1. The van der Waals surface area contributed by atoms with E-state index in [1.807, 2.05) is 0 Å². The summed E-state index contributed by atoms with van der Waals surface area (Å²) in [6.07, 6.45) is 0. The summed E-state index contributed by atoms with van der Waals surface area (Å²) < 4.78 is 40.3. The van der Waals surface area contributed by atoms with Gasteiger partial charge in [0.25, 0.3) is 0 Å². The van der Waals surface area contributed by atoms with Gasteiger partial charge in [-0.15, -0.1) is 11.3 Å². The summed E-state index contributed by atoms with van der Waals surface area (Å²) in [7, 11) is 0. The second-order valence-corrected chi connectivity index (χ2v) is 6.18. The van der Waals surface area contributed by atoms with Crippen LogP contribution in [0.3, 0.4) is 0 Å². The zero-order valence-corrected chi connectivity index (χ0v) is 11.9. The Morgan fingerprint density at radius 3 is 2.26 bits per heavy atom.